The normalized spacial score (nSPS) is 12.2. The van der Waals surface area contributed by atoms with Crippen molar-refractivity contribution < 1.29 is 4.57 Å². The number of hydrogen-bond donors (Lipinski definition) is 0. The Morgan fingerprint density at radius 2 is 1.44 bits per heavy atom. The van der Waals surface area contributed by atoms with Gasteiger partial charge in [-0.25, -0.2) is 9.13 Å². The number of rotatable bonds is 14. The molecule has 0 saturated carbocycles. The Balaban J connectivity index is 1.88. The van der Waals surface area contributed by atoms with E-state index in [0.717, 1.165) is 25.9 Å². The Morgan fingerprint density at radius 1 is 0.781 bits per heavy atom. The summed E-state index contributed by atoms with van der Waals surface area (Å²) in [6.45, 7) is 9.23. The molecule has 1 atom stereocenters. The number of unbranched alkanes of at least 4 members (excludes halogenated alkanes) is 5. The number of aromatic nitrogens is 2. The van der Waals surface area contributed by atoms with E-state index in [4.69, 9.17) is 0 Å². The van der Waals surface area contributed by atoms with Crippen LogP contribution in [-0.2, 0) is 25.9 Å². The maximum Gasteiger partial charge on any atom is 0.261 e. The van der Waals surface area contributed by atoms with Gasteiger partial charge in [0.25, 0.3) is 5.82 Å². The van der Waals surface area contributed by atoms with Crippen LogP contribution < -0.4 is 4.57 Å². The molecular formula is C30H43N2+. The first-order valence-electron chi connectivity index (χ1n) is 12.9. The molecule has 32 heavy (non-hydrogen) atoms. The van der Waals surface area contributed by atoms with Gasteiger partial charge in [-0.3, -0.25) is 0 Å². The van der Waals surface area contributed by atoms with Crippen LogP contribution in [0.3, 0.4) is 0 Å². The molecule has 3 aromatic rings. The van der Waals surface area contributed by atoms with E-state index < -0.39 is 0 Å². The maximum absolute atomic E-state index is 2.65. The first-order chi connectivity index (χ1) is 15.7. The standard InChI is InChI=1S/C30H43N2/c1-4-6-8-9-16-21-31-25-29(23-26(3)28-19-14-11-15-20-28)32(22-7-5-2)30(31)24-27-17-12-10-13-18-27/h10-15,17-20,25-26H,4-9,16,21-24H2,1-3H3/q+1. The van der Waals surface area contributed by atoms with Crippen molar-refractivity contribution >= 4 is 0 Å². The van der Waals surface area contributed by atoms with E-state index in [-0.39, 0.29) is 0 Å². The average molecular weight is 432 g/mol. The number of imidazole rings is 1. The van der Waals surface area contributed by atoms with Gasteiger partial charge < -0.3 is 0 Å². The van der Waals surface area contributed by atoms with E-state index in [1.807, 2.05) is 0 Å². The lowest BCUT2D eigenvalue weighted by Gasteiger charge is -2.11. The molecule has 0 aliphatic rings. The SMILES string of the molecule is CCCCCCCn1cc(CC(C)c2ccccc2)[n+](CCCC)c1Cc1ccccc1. The Bertz CT molecular complexity index is 895. The van der Waals surface area contributed by atoms with Gasteiger partial charge in [0.2, 0.25) is 0 Å². The zero-order chi connectivity index (χ0) is 22.6. The lowest BCUT2D eigenvalue weighted by atomic mass is 9.96. The molecule has 2 heteroatoms. The smallest absolute Gasteiger partial charge is 0.234 e. The average Bonchev–Trinajstić information content (AvgIpc) is 3.14. The second-order valence-electron chi connectivity index (χ2n) is 9.33. The molecule has 0 saturated heterocycles. The number of aryl methyl sites for hydroxylation is 1. The van der Waals surface area contributed by atoms with E-state index >= 15 is 0 Å². The van der Waals surface area contributed by atoms with Gasteiger partial charge in [0.15, 0.2) is 0 Å². The third-order valence-corrected chi connectivity index (χ3v) is 6.62. The van der Waals surface area contributed by atoms with E-state index in [1.165, 1.54) is 67.6 Å². The van der Waals surface area contributed by atoms with Crippen LogP contribution in [0.5, 0.6) is 0 Å². The Labute approximate surface area is 196 Å². The molecule has 3 rings (SSSR count). The molecule has 0 amide bonds. The molecule has 0 bridgehead atoms. The number of benzene rings is 2. The molecule has 2 aromatic carbocycles. The molecule has 1 unspecified atom stereocenters. The molecule has 0 spiro atoms. The third-order valence-electron chi connectivity index (χ3n) is 6.62. The Hall–Kier alpha value is -2.35. The molecule has 0 N–H and O–H groups in total. The summed E-state index contributed by atoms with van der Waals surface area (Å²) in [4.78, 5) is 0. The lowest BCUT2D eigenvalue weighted by Crippen LogP contribution is -2.41. The third kappa shape index (κ3) is 7.08. The summed E-state index contributed by atoms with van der Waals surface area (Å²) in [6.07, 6.45) is 13.7. The summed E-state index contributed by atoms with van der Waals surface area (Å²) in [5.74, 6) is 2.00. The van der Waals surface area contributed by atoms with Gasteiger partial charge >= 0.3 is 0 Å². The van der Waals surface area contributed by atoms with Crippen LogP contribution in [0.2, 0.25) is 0 Å². The van der Waals surface area contributed by atoms with Crippen LogP contribution in [0.15, 0.2) is 66.9 Å². The van der Waals surface area contributed by atoms with E-state index in [9.17, 15) is 0 Å². The van der Waals surface area contributed by atoms with Gasteiger partial charge in [-0.15, -0.1) is 0 Å². The minimum atomic E-state index is 0.522. The summed E-state index contributed by atoms with van der Waals surface area (Å²) in [5, 5.41) is 0. The van der Waals surface area contributed by atoms with Gasteiger partial charge in [-0.2, -0.15) is 0 Å². The summed E-state index contributed by atoms with van der Waals surface area (Å²) < 4.78 is 5.24. The predicted octanol–water partition coefficient (Wildman–Crippen LogP) is 7.48. The molecule has 0 fully saturated rings. The van der Waals surface area contributed by atoms with E-state index in [2.05, 4.69) is 96.8 Å². The van der Waals surface area contributed by atoms with Gasteiger partial charge in [0.1, 0.15) is 11.9 Å². The monoisotopic (exact) mass is 431 g/mol. The second kappa shape index (κ2) is 13.3. The van der Waals surface area contributed by atoms with Crippen LogP contribution in [0.4, 0.5) is 0 Å². The highest BCUT2D eigenvalue weighted by molar-refractivity contribution is 5.21. The van der Waals surface area contributed by atoms with Gasteiger partial charge in [0, 0.05) is 6.42 Å². The zero-order valence-corrected chi connectivity index (χ0v) is 20.6. The zero-order valence-electron chi connectivity index (χ0n) is 20.6. The summed E-state index contributed by atoms with van der Waals surface area (Å²) in [7, 11) is 0. The fraction of sp³-hybridized carbons (Fsp3) is 0.500. The minimum Gasteiger partial charge on any atom is -0.234 e. The highest BCUT2D eigenvalue weighted by atomic mass is 15.2. The van der Waals surface area contributed by atoms with Crippen molar-refractivity contribution in [3.8, 4) is 0 Å². The van der Waals surface area contributed by atoms with E-state index in [1.54, 1.807) is 0 Å². The largest absolute Gasteiger partial charge is 0.261 e. The fourth-order valence-electron chi connectivity index (χ4n) is 4.66. The predicted molar refractivity (Wildman–Crippen MR) is 136 cm³/mol. The van der Waals surface area contributed by atoms with Crippen molar-refractivity contribution in [2.24, 2.45) is 0 Å². The van der Waals surface area contributed by atoms with Crippen molar-refractivity contribution in [1.29, 1.82) is 0 Å². The quantitative estimate of drug-likeness (QED) is 0.185. The van der Waals surface area contributed by atoms with Gasteiger partial charge in [0.05, 0.1) is 19.5 Å². The number of hydrogen-bond acceptors (Lipinski definition) is 0. The second-order valence-corrected chi connectivity index (χ2v) is 9.33. The van der Waals surface area contributed by atoms with Crippen LogP contribution in [0.1, 0.15) is 94.3 Å². The molecule has 0 radical (unpaired) electrons. The van der Waals surface area contributed by atoms with Crippen LogP contribution in [0.25, 0.3) is 0 Å². The summed E-state index contributed by atoms with van der Waals surface area (Å²) >= 11 is 0. The summed E-state index contributed by atoms with van der Waals surface area (Å²) in [6, 6.07) is 22.0. The number of nitrogens with zero attached hydrogens (tertiary/aromatic N) is 2. The first kappa shape index (κ1) is 24.3. The highest BCUT2D eigenvalue weighted by Gasteiger charge is 2.24. The summed E-state index contributed by atoms with van der Waals surface area (Å²) in [5.41, 5.74) is 4.34. The molecular weight excluding hydrogens is 388 g/mol. The van der Waals surface area contributed by atoms with Crippen molar-refractivity contribution in [1.82, 2.24) is 4.57 Å². The Morgan fingerprint density at radius 3 is 2.12 bits per heavy atom. The fourth-order valence-corrected chi connectivity index (χ4v) is 4.66. The minimum absolute atomic E-state index is 0.522. The van der Waals surface area contributed by atoms with Gasteiger partial charge in [-0.1, -0.05) is 107 Å². The van der Waals surface area contributed by atoms with Crippen molar-refractivity contribution in [3.05, 3.63) is 89.5 Å². The molecule has 0 aliphatic carbocycles. The molecule has 1 aromatic heterocycles. The first-order valence-corrected chi connectivity index (χ1v) is 12.9. The molecule has 172 valence electrons. The lowest BCUT2D eigenvalue weighted by molar-refractivity contribution is -0.710. The van der Waals surface area contributed by atoms with Crippen LogP contribution in [0, 0.1) is 0 Å². The molecule has 2 nitrogen and oxygen atoms in total. The Kier molecular flexibility index (Phi) is 10.1. The molecule has 1 heterocycles. The van der Waals surface area contributed by atoms with Crippen LogP contribution in [-0.4, -0.2) is 4.57 Å². The van der Waals surface area contributed by atoms with Gasteiger partial charge in [-0.05, 0) is 36.3 Å². The van der Waals surface area contributed by atoms with Crippen molar-refractivity contribution in [3.63, 3.8) is 0 Å². The van der Waals surface area contributed by atoms with E-state index in [0.29, 0.717) is 5.92 Å². The maximum atomic E-state index is 2.65. The molecule has 0 aliphatic heterocycles. The highest BCUT2D eigenvalue weighted by Crippen LogP contribution is 2.21. The van der Waals surface area contributed by atoms with Crippen molar-refractivity contribution in [2.75, 3.05) is 0 Å². The van der Waals surface area contributed by atoms with Crippen LogP contribution >= 0.6 is 0 Å². The topological polar surface area (TPSA) is 8.81 Å². The van der Waals surface area contributed by atoms with Crippen molar-refractivity contribution in [2.45, 2.75) is 97.6 Å².